The van der Waals surface area contributed by atoms with Gasteiger partial charge in [0.1, 0.15) is 22.6 Å². The van der Waals surface area contributed by atoms with Gasteiger partial charge in [-0.1, -0.05) is 0 Å². The maximum absolute atomic E-state index is 12.7. The van der Waals surface area contributed by atoms with Crippen molar-refractivity contribution >= 4 is 17.5 Å². The first-order valence-corrected chi connectivity index (χ1v) is 10.6. The zero-order valence-corrected chi connectivity index (χ0v) is 20.0. The fourth-order valence-corrected chi connectivity index (χ4v) is 3.80. The van der Waals surface area contributed by atoms with Crippen molar-refractivity contribution < 1.29 is 41.8 Å². The summed E-state index contributed by atoms with van der Waals surface area (Å²) in [5.41, 5.74) is -1.07. The zero-order chi connectivity index (χ0) is 27.9. The molecule has 2 aromatic carbocycles. The number of carbonyl (C=O) groups is 1. The second-order valence-electron chi connectivity index (χ2n) is 7.81. The number of hydrogen-bond donors (Lipinski definition) is 0. The molecule has 0 atom stereocenters. The average Bonchev–Trinajstić information content (AvgIpc) is 3.34. The molecular formula is C23H16N2O13. The molecule has 15 nitrogen and oxygen atoms in total. The Bertz CT molecular complexity index is 1610. The number of hydrogen-bond acceptors (Lipinski definition) is 13. The van der Waals surface area contributed by atoms with Crippen LogP contribution < -0.4 is 21.1 Å². The van der Waals surface area contributed by atoms with Crippen LogP contribution in [0.4, 0.5) is 16.2 Å². The predicted octanol–water partition coefficient (Wildman–Crippen LogP) is 4.74. The topological polar surface area (TPSA) is 209 Å². The van der Waals surface area contributed by atoms with E-state index in [1.54, 1.807) is 0 Å². The molecule has 0 aliphatic heterocycles. The standard InChI is InChI=1S/C23H16N2O13/c1-9-15(7-5-13(24(29)30)17(9)19-11(3)33-21(26)37-19)35-23(28)36-16-8-6-14(25(31)32)18(10(16)2)20-12(4)34-22(27)38-20/h5-8H,1-4H3. The van der Waals surface area contributed by atoms with E-state index < -0.39 is 39.0 Å². The maximum Gasteiger partial charge on any atom is 0.519 e. The summed E-state index contributed by atoms with van der Waals surface area (Å²) in [5.74, 6) is -3.00. The quantitative estimate of drug-likeness (QED) is 0.143. The van der Waals surface area contributed by atoms with Crippen LogP contribution in [0.15, 0.2) is 51.5 Å². The highest BCUT2D eigenvalue weighted by atomic mass is 16.7. The number of ether oxygens (including phenoxy) is 2. The molecular weight excluding hydrogens is 512 g/mol. The third-order valence-corrected chi connectivity index (χ3v) is 5.50. The minimum atomic E-state index is -1.30. The van der Waals surface area contributed by atoms with E-state index in [1.807, 2.05) is 0 Å². The van der Waals surface area contributed by atoms with E-state index in [2.05, 4.69) is 0 Å². The van der Waals surface area contributed by atoms with Crippen LogP contribution >= 0.6 is 0 Å². The first-order valence-electron chi connectivity index (χ1n) is 10.6. The van der Waals surface area contributed by atoms with E-state index >= 15 is 0 Å². The number of aryl methyl sites for hydroxylation is 2. The van der Waals surface area contributed by atoms with Crippen molar-refractivity contribution in [2.75, 3.05) is 0 Å². The molecule has 0 radical (unpaired) electrons. The van der Waals surface area contributed by atoms with Crippen LogP contribution in [0.2, 0.25) is 0 Å². The maximum atomic E-state index is 12.7. The molecule has 0 unspecified atom stereocenters. The molecule has 0 aliphatic carbocycles. The van der Waals surface area contributed by atoms with E-state index in [4.69, 9.17) is 27.1 Å². The van der Waals surface area contributed by atoms with Crippen molar-refractivity contribution in [2.24, 2.45) is 0 Å². The Morgan fingerprint density at radius 3 is 1.34 bits per heavy atom. The molecule has 2 aromatic heterocycles. The SMILES string of the molecule is Cc1oc(=O)oc1-c1c([N+](=O)[O-])ccc(OC(=O)Oc2ccc([N+](=O)[O-])c(-c3oc(=O)oc3C)c2C)c1C. The van der Waals surface area contributed by atoms with Gasteiger partial charge in [0.15, 0.2) is 23.0 Å². The number of nitro groups is 2. The third kappa shape index (κ3) is 4.55. The molecule has 196 valence electrons. The normalized spacial score (nSPS) is 10.8. The Kier molecular flexibility index (Phi) is 6.43. The van der Waals surface area contributed by atoms with Crippen molar-refractivity contribution in [3.8, 4) is 34.1 Å². The minimum absolute atomic E-state index is 0.0313. The van der Waals surface area contributed by atoms with Crippen LogP contribution in [0.1, 0.15) is 22.6 Å². The van der Waals surface area contributed by atoms with Gasteiger partial charge in [0.2, 0.25) is 0 Å². The highest BCUT2D eigenvalue weighted by Crippen LogP contribution is 2.41. The molecule has 38 heavy (non-hydrogen) atoms. The molecule has 0 N–H and O–H groups in total. The lowest BCUT2D eigenvalue weighted by Gasteiger charge is -2.13. The summed E-state index contributed by atoms with van der Waals surface area (Å²) in [4.78, 5) is 57.4. The van der Waals surface area contributed by atoms with Gasteiger partial charge in [0.05, 0.1) is 9.85 Å². The molecule has 4 rings (SSSR count). The summed E-state index contributed by atoms with van der Waals surface area (Å²) in [6.45, 7) is 5.50. The van der Waals surface area contributed by atoms with Crippen molar-refractivity contribution in [3.05, 3.63) is 88.4 Å². The van der Waals surface area contributed by atoms with E-state index in [0.29, 0.717) is 0 Å². The number of benzene rings is 2. The van der Waals surface area contributed by atoms with Crippen LogP contribution in [0, 0.1) is 47.9 Å². The van der Waals surface area contributed by atoms with Crippen molar-refractivity contribution in [3.63, 3.8) is 0 Å². The minimum Gasteiger partial charge on any atom is -0.396 e. The average molecular weight is 528 g/mol. The van der Waals surface area contributed by atoms with Crippen molar-refractivity contribution in [1.29, 1.82) is 0 Å². The second-order valence-corrected chi connectivity index (χ2v) is 7.81. The lowest BCUT2D eigenvalue weighted by molar-refractivity contribution is -0.384. The highest BCUT2D eigenvalue weighted by Gasteiger charge is 2.29. The number of carbonyl (C=O) groups excluding carboxylic acids is 1. The van der Waals surface area contributed by atoms with Crippen LogP contribution in [-0.2, 0) is 0 Å². The summed E-state index contributed by atoms with van der Waals surface area (Å²) < 4.78 is 30.0. The van der Waals surface area contributed by atoms with Gasteiger partial charge in [-0.25, -0.2) is 14.4 Å². The Balaban J connectivity index is 1.72. The largest absolute Gasteiger partial charge is 0.519 e. The fraction of sp³-hybridized carbons (Fsp3) is 0.174. The van der Waals surface area contributed by atoms with Crippen molar-refractivity contribution in [2.45, 2.75) is 27.7 Å². The van der Waals surface area contributed by atoms with Gasteiger partial charge in [-0.2, -0.15) is 0 Å². The molecule has 0 saturated carbocycles. The first kappa shape index (κ1) is 25.6. The van der Waals surface area contributed by atoms with Gasteiger partial charge in [-0.05, 0) is 39.8 Å². The van der Waals surface area contributed by atoms with E-state index in [9.17, 15) is 34.6 Å². The lowest BCUT2D eigenvalue weighted by atomic mass is 10.0. The van der Waals surface area contributed by atoms with E-state index in [0.717, 1.165) is 24.3 Å². The highest BCUT2D eigenvalue weighted by molar-refractivity contribution is 5.80. The van der Waals surface area contributed by atoms with E-state index in [1.165, 1.54) is 27.7 Å². The van der Waals surface area contributed by atoms with Crippen LogP contribution in [0.5, 0.6) is 11.5 Å². The Morgan fingerprint density at radius 1 is 0.684 bits per heavy atom. The molecule has 0 amide bonds. The first-order chi connectivity index (χ1) is 17.9. The number of nitro benzene ring substituents is 2. The number of rotatable bonds is 6. The Labute approximate surface area is 210 Å². The van der Waals surface area contributed by atoms with Crippen LogP contribution in [-0.4, -0.2) is 16.0 Å². The summed E-state index contributed by atoms with van der Waals surface area (Å²) >= 11 is 0. The second kappa shape index (κ2) is 9.53. The van der Waals surface area contributed by atoms with Gasteiger partial charge >= 0.3 is 17.8 Å². The third-order valence-electron chi connectivity index (χ3n) is 5.50. The van der Waals surface area contributed by atoms with Gasteiger partial charge in [0, 0.05) is 23.3 Å². The van der Waals surface area contributed by atoms with Crippen LogP contribution in [0.25, 0.3) is 22.6 Å². The zero-order valence-electron chi connectivity index (χ0n) is 20.0. The van der Waals surface area contributed by atoms with Gasteiger partial charge in [-0.15, -0.1) is 0 Å². The molecule has 2 heterocycles. The summed E-state index contributed by atoms with van der Waals surface area (Å²) in [7, 11) is 0. The Hall–Kier alpha value is -5.47. The number of nitrogens with zero attached hydrogens (tertiary/aromatic N) is 2. The Morgan fingerprint density at radius 2 is 1.05 bits per heavy atom. The van der Waals surface area contributed by atoms with Gasteiger partial charge in [-0.3, -0.25) is 20.2 Å². The summed E-state index contributed by atoms with van der Waals surface area (Å²) in [6, 6.07) is 4.36. The predicted molar refractivity (Wildman–Crippen MR) is 124 cm³/mol. The fourth-order valence-electron chi connectivity index (χ4n) is 3.80. The van der Waals surface area contributed by atoms with Crippen LogP contribution in [0.3, 0.4) is 0 Å². The smallest absolute Gasteiger partial charge is 0.396 e. The summed E-state index contributed by atoms with van der Waals surface area (Å²) in [5, 5.41) is 23.1. The molecule has 0 spiro atoms. The van der Waals surface area contributed by atoms with Gasteiger partial charge in [0.25, 0.3) is 11.4 Å². The van der Waals surface area contributed by atoms with E-state index in [-0.39, 0.29) is 56.8 Å². The summed E-state index contributed by atoms with van der Waals surface area (Å²) in [6.07, 6.45) is -1.30. The van der Waals surface area contributed by atoms with Gasteiger partial charge < -0.3 is 27.1 Å². The monoisotopic (exact) mass is 528 g/mol. The lowest BCUT2D eigenvalue weighted by Crippen LogP contribution is -2.15. The van der Waals surface area contributed by atoms with Crippen molar-refractivity contribution in [1.82, 2.24) is 0 Å². The molecule has 0 aliphatic rings. The molecule has 0 bridgehead atoms. The molecule has 0 fully saturated rings. The molecule has 15 heteroatoms. The molecule has 4 aromatic rings. The molecule has 0 saturated heterocycles.